The highest BCUT2D eigenvalue weighted by Crippen LogP contribution is 2.30. The molecule has 2 heterocycles. The number of alkyl halides is 3. The summed E-state index contributed by atoms with van der Waals surface area (Å²) in [4.78, 5) is 7.23. The molecule has 3 rings (SSSR count). The normalized spacial score (nSPS) is 11.7. The number of nitrogens with zero attached hydrogens (tertiary/aromatic N) is 4. The third-order valence-corrected chi connectivity index (χ3v) is 3.94. The molecular weight excluding hydrogens is 355 g/mol. The van der Waals surface area contributed by atoms with Crippen LogP contribution in [-0.2, 0) is 11.9 Å². The SMILES string of the molecule is Cc1ccc(-c2nnc(CSc3nc(N)cc(C(F)(F)F)n3)o2)cc1. The van der Waals surface area contributed by atoms with Gasteiger partial charge < -0.3 is 10.2 Å². The lowest BCUT2D eigenvalue weighted by atomic mass is 10.1. The van der Waals surface area contributed by atoms with Crippen molar-refractivity contribution in [2.45, 2.75) is 24.0 Å². The van der Waals surface area contributed by atoms with Crippen molar-refractivity contribution in [3.63, 3.8) is 0 Å². The minimum atomic E-state index is -4.59. The Morgan fingerprint density at radius 3 is 2.52 bits per heavy atom. The third-order valence-electron chi connectivity index (χ3n) is 3.11. The Kier molecular flexibility index (Phi) is 4.62. The zero-order valence-electron chi connectivity index (χ0n) is 12.9. The fourth-order valence-electron chi connectivity index (χ4n) is 1.90. The van der Waals surface area contributed by atoms with Crippen molar-refractivity contribution in [2.75, 3.05) is 5.73 Å². The number of rotatable bonds is 4. The van der Waals surface area contributed by atoms with E-state index < -0.39 is 11.9 Å². The number of hydrogen-bond donors (Lipinski definition) is 1. The van der Waals surface area contributed by atoms with Crippen molar-refractivity contribution in [1.29, 1.82) is 0 Å². The summed E-state index contributed by atoms with van der Waals surface area (Å²) in [5.41, 5.74) is 6.17. The molecule has 0 bridgehead atoms. The topological polar surface area (TPSA) is 90.7 Å². The number of nitrogens with two attached hydrogens (primary N) is 1. The molecule has 25 heavy (non-hydrogen) atoms. The van der Waals surface area contributed by atoms with Gasteiger partial charge in [-0.25, -0.2) is 9.97 Å². The van der Waals surface area contributed by atoms with Crippen molar-refractivity contribution in [2.24, 2.45) is 0 Å². The predicted molar refractivity (Wildman–Crippen MR) is 85.5 cm³/mol. The van der Waals surface area contributed by atoms with Crippen molar-refractivity contribution in [1.82, 2.24) is 20.2 Å². The van der Waals surface area contributed by atoms with Gasteiger partial charge in [-0.2, -0.15) is 13.2 Å². The lowest BCUT2D eigenvalue weighted by Crippen LogP contribution is -2.10. The number of hydrogen-bond acceptors (Lipinski definition) is 7. The summed E-state index contributed by atoms with van der Waals surface area (Å²) in [7, 11) is 0. The van der Waals surface area contributed by atoms with Gasteiger partial charge in [0.1, 0.15) is 5.82 Å². The molecule has 2 N–H and O–H groups in total. The molecular formula is C15H12F3N5OS. The van der Waals surface area contributed by atoms with E-state index in [4.69, 9.17) is 10.2 Å². The van der Waals surface area contributed by atoms with Gasteiger partial charge in [-0.15, -0.1) is 10.2 Å². The Bertz CT molecular complexity index is 880. The number of thioether (sulfide) groups is 1. The molecule has 1 aromatic carbocycles. The number of nitrogen functional groups attached to an aromatic ring is 1. The molecule has 0 atom stereocenters. The summed E-state index contributed by atoms with van der Waals surface area (Å²) in [5.74, 6) is 0.454. The van der Waals surface area contributed by atoms with Crippen LogP contribution in [0.3, 0.4) is 0 Å². The smallest absolute Gasteiger partial charge is 0.420 e. The number of halogens is 3. The first kappa shape index (κ1) is 17.2. The summed E-state index contributed by atoms with van der Waals surface area (Å²) in [6.45, 7) is 1.96. The molecule has 6 nitrogen and oxygen atoms in total. The van der Waals surface area contributed by atoms with Gasteiger partial charge in [-0.1, -0.05) is 29.5 Å². The second-order valence-electron chi connectivity index (χ2n) is 5.11. The molecule has 3 aromatic rings. The lowest BCUT2D eigenvalue weighted by Gasteiger charge is -2.07. The standard InChI is InChI=1S/C15H12F3N5OS/c1-8-2-4-9(5-3-8)13-23-22-12(24-13)7-25-14-20-10(15(16,17)18)6-11(19)21-14/h2-6H,7H2,1H3,(H2,19,20,21). The zero-order valence-corrected chi connectivity index (χ0v) is 13.7. The highest BCUT2D eigenvalue weighted by molar-refractivity contribution is 7.98. The Morgan fingerprint density at radius 1 is 1.12 bits per heavy atom. The van der Waals surface area contributed by atoms with Gasteiger partial charge in [0.05, 0.1) is 5.75 Å². The molecule has 0 aliphatic rings. The van der Waals surface area contributed by atoms with Gasteiger partial charge in [-0.05, 0) is 19.1 Å². The minimum Gasteiger partial charge on any atom is -0.420 e. The van der Waals surface area contributed by atoms with E-state index in [1.165, 1.54) is 0 Å². The van der Waals surface area contributed by atoms with Crippen molar-refractivity contribution in [3.8, 4) is 11.5 Å². The summed E-state index contributed by atoms with van der Waals surface area (Å²) in [5, 5.41) is 7.70. The van der Waals surface area contributed by atoms with Crippen LogP contribution in [0.2, 0.25) is 0 Å². The van der Waals surface area contributed by atoms with Crippen LogP contribution in [0, 0.1) is 6.92 Å². The summed E-state index contributed by atoms with van der Waals surface area (Å²) >= 11 is 0.930. The molecule has 0 amide bonds. The Balaban J connectivity index is 1.72. The number of benzene rings is 1. The van der Waals surface area contributed by atoms with Gasteiger partial charge in [0, 0.05) is 11.6 Å². The first-order valence-electron chi connectivity index (χ1n) is 7.05. The van der Waals surface area contributed by atoms with E-state index in [9.17, 15) is 13.2 Å². The Hall–Kier alpha value is -2.62. The molecule has 2 aromatic heterocycles. The first-order chi connectivity index (χ1) is 11.8. The Morgan fingerprint density at radius 2 is 1.84 bits per heavy atom. The molecule has 130 valence electrons. The average Bonchev–Trinajstić information content (AvgIpc) is 3.01. The number of aromatic nitrogens is 4. The summed E-state index contributed by atoms with van der Waals surface area (Å²) in [6.07, 6.45) is -4.59. The summed E-state index contributed by atoms with van der Waals surface area (Å²) in [6, 6.07) is 8.19. The third kappa shape index (κ3) is 4.27. The number of aryl methyl sites for hydroxylation is 1. The maximum atomic E-state index is 12.7. The van der Waals surface area contributed by atoms with E-state index in [0.29, 0.717) is 12.0 Å². The second kappa shape index (κ2) is 6.71. The average molecular weight is 367 g/mol. The first-order valence-corrected chi connectivity index (χ1v) is 8.04. The van der Waals surface area contributed by atoms with Gasteiger partial charge >= 0.3 is 6.18 Å². The van der Waals surface area contributed by atoms with Crippen LogP contribution in [0.5, 0.6) is 0 Å². The number of anilines is 1. The Labute approximate surface area is 144 Å². The molecule has 0 aliphatic heterocycles. The van der Waals surface area contributed by atoms with E-state index in [1.807, 2.05) is 31.2 Å². The molecule has 0 aliphatic carbocycles. The molecule has 0 saturated carbocycles. The summed E-state index contributed by atoms with van der Waals surface area (Å²) < 4.78 is 43.7. The zero-order chi connectivity index (χ0) is 18.0. The lowest BCUT2D eigenvalue weighted by molar-refractivity contribution is -0.141. The maximum Gasteiger partial charge on any atom is 0.433 e. The van der Waals surface area contributed by atoms with Gasteiger partial charge in [-0.3, -0.25) is 0 Å². The fraction of sp³-hybridized carbons (Fsp3) is 0.200. The highest BCUT2D eigenvalue weighted by atomic mass is 32.2. The quantitative estimate of drug-likeness (QED) is 0.555. The van der Waals surface area contributed by atoms with Crippen LogP contribution in [0.25, 0.3) is 11.5 Å². The van der Waals surface area contributed by atoms with Crippen molar-refractivity contribution < 1.29 is 17.6 Å². The molecule has 0 unspecified atom stereocenters. The molecule has 0 radical (unpaired) electrons. The van der Waals surface area contributed by atoms with E-state index in [1.54, 1.807) is 0 Å². The maximum absolute atomic E-state index is 12.7. The minimum absolute atomic E-state index is 0.109. The highest BCUT2D eigenvalue weighted by Gasteiger charge is 2.33. The van der Waals surface area contributed by atoms with E-state index in [-0.39, 0.29) is 22.6 Å². The molecule has 0 saturated heterocycles. The van der Waals surface area contributed by atoms with Crippen LogP contribution >= 0.6 is 11.8 Å². The van der Waals surface area contributed by atoms with Crippen LogP contribution in [-0.4, -0.2) is 20.2 Å². The van der Waals surface area contributed by atoms with E-state index in [0.717, 1.165) is 22.9 Å². The molecule has 0 fully saturated rings. The van der Waals surface area contributed by atoms with Gasteiger partial charge in [0.15, 0.2) is 10.9 Å². The van der Waals surface area contributed by atoms with Crippen molar-refractivity contribution in [3.05, 3.63) is 47.5 Å². The predicted octanol–water partition coefficient (Wildman–Crippen LogP) is 3.73. The van der Waals surface area contributed by atoms with Crippen LogP contribution in [0.1, 0.15) is 17.1 Å². The largest absolute Gasteiger partial charge is 0.433 e. The van der Waals surface area contributed by atoms with Gasteiger partial charge in [0.25, 0.3) is 0 Å². The van der Waals surface area contributed by atoms with E-state index in [2.05, 4.69) is 20.2 Å². The van der Waals surface area contributed by atoms with Crippen LogP contribution in [0.4, 0.5) is 19.0 Å². The monoisotopic (exact) mass is 367 g/mol. The van der Waals surface area contributed by atoms with E-state index >= 15 is 0 Å². The van der Waals surface area contributed by atoms with Crippen molar-refractivity contribution >= 4 is 17.6 Å². The second-order valence-corrected chi connectivity index (χ2v) is 6.06. The molecule has 10 heteroatoms. The van der Waals surface area contributed by atoms with Gasteiger partial charge in [0.2, 0.25) is 11.8 Å². The van der Waals surface area contributed by atoms with Crippen LogP contribution in [0.15, 0.2) is 39.9 Å². The fourth-order valence-corrected chi connectivity index (χ4v) is 2.61. The van der Waals surface area contributed by atoms with Crippen LogP contribution < -0.4 is 5.73 Å². The molecule has 0 spiro atoms.